The summed E-state index contributed by atoms with van der Waals surface area (Å²) in [5, 5.41) is 32.0. The molecule has 5 nitrogen and oxygen atoms in total. The van der Waals surface area contributed by atoms with Crippen molar-refractivity contribution in [3.05, 3.63) is 35.4 Å². The van der Waals surface area contributed by atoms with Crippen LogP contribution in [0.15, 0.2) is 29.8 Å². The van der Waals surface area contributed by atoms with Gasteiger partial charge in [0.05, 0.1) is 31.1 Å². The fourth-order valence-corrected chi connectivity index (χ4v) is 2.55. The molecule has 3 N–H and O–H groups in total. The molecule has 0 fully saturated rings. The lowest BCUT2D eigenvalue weighted by atomic mass is 9.97. The number of rotatable bonds is 5. The zero-order valence-corrected chi connectivity index (χ0v) is 13.8. The Kier molecular flexibility index (Phi) is 5.01. The number of benzene rings is 2. The lowest BCUT2D eigenvalue weighted by Gasteiger charge is -2.17. The summed E-state index contributed by atoms with van der Waals surface area (Å²) in [6.45, 7) is 3.86. The molecule has 0 aliphatic heterocycles. The van der Waals surface area contributed by atoms with Gasteiger partial charge < -0.3 is 24.8 Å². The zero-order chi connectivity index (χ0) is 17.1. The zero-order valence-electron chi connectivity index (χ0n) is 13.8. The third kappa shape index (κ3) is 3.19. The van der Waals surface area contributed by atoms with E-state index in [0.29, 0.717) is 28.7 Å². The number of hydrogen-bond donors (Lipinski definition) is 3. The van der Waals surface area contributed by atoms with E-state index in [-0.39, 0.29) is 17.1 Å². The summed E-state index contributed by atoms with van der Waals surface area (Å²) < 4.78 is 10.5. The van der Waals surface area contributed by atoms with Crippen molar-refractivity contribution in [2.45, 2.75) is 26.4 Å². The molecule has 1 atom stereocenters. The van der Waals surface area contributed by atoms with Crippen molar-refractivity contribution in [3.8, 4) is 23.0 Å². The molecule has 2 aromatic carbocycles. The van der Waals surface area contributed by atoms with Crippen LogP contribution in [0.4, 0.5) is 0 Å². The van der Waals surface area contributed by atoms with Gasteiger partial charge in [0, 0.05) is 5.56 Å². The Morgan fingerprint density at radius 2 is 1.65 bits per heavy atom. The van der Waals surface area contributed by atoms with Crippen molar-refractivity contribution in [2.75, 3.05) is 14.2 Å². The maximum absolute atomic E-state index is 10.6. The Hall–Kier alpha value is -2.40. The van der Waals surface area contributed by atoms with Gasteiger partial charge in [0.25, 0.3) is 0 Å². The number of phenols is 2. The van der Waals surface area contributed by atoms with E-state index >= 15 is 0 Å². The summed E-state index contributed by atoms with van der Waals surface area (Å²) >= 11 is 0. The molecular formula is C18H22O5. The number of aliphatic hydroxyl groups excluding tert-OH is 1. The van der Waals surface area contributed by atoms with E-state index in [1.165, 1.54) is 20.3 Å². The molecule has 0 aromatic heterocycles. The summed E-state index contributed by atoms with van der Waals surface area (Å²) in [7, 11) is 2.96. The SMILES string of the molecule is COc1ccc(OC)c2c(O)c(C(O)CC=C(C)C)cc(O)c12. The van der Waals surface area contributed by atoms with Crippen molar-refractivity contribution in [1.29, 1.82) is 0 Å². The lowest BCUT2D eigenvalue weighted by Crippen LogP contribution is -1.99. The Bertz CT molecular complexity index is 745. The van der Waals surface area contributed by atoms with Crippen LogP contribution in [-0.2, 0) is 0 Å². The first-order chi connectivity index (χ1) is 10.9. The van der Waals surface area contributed by atoms with Crippen LogP contribution in [0.5, 0.6) is 23.0 Å². The number of hydrogen-bond acceptors (Lipinski definition) is 5. The molecule has 0 saturated carbocycles. The van der Waals surface area contributed by atoms with Crippen molar-refractivity contribution >= 4 is 10.8 Å². The molecule has 0 saturated heterocycles. The molecule has 0 aliphatic carbocycles. The van der Waals surface area contributed by atoms with E-state index in [0.717, 1.165) is 5.57 Å². The third-order valence-electron chi connectivity index (χ3n) is 3.74. The van der Waals surface area contributed by atoms with E-state index in [2.05, 4.69) is 0 Å². The smallest absolute Gasteiger partial charge is 0.133 e. The summed E-state index contributed by atoms with van der Waals surface area (Å²) in [6, 6.07) is 4.66. The minimum Gasteiger partial charge on any atom is -0.507 e. The van der Waals surface area contributed by atoms with Crippen LogP contribution in [0, 0.1) is 0 Å². The van der Waals surface area contributed by atoms with Gasteiger partial charge in [-0.2, -0.15) is 0 Å². The first-order valence-corrected chi connectivity index (χ1v) is 7.31. The number of aromatic hydroxyl groups is 2. The van der Waals surface area contributed by atoms with E-state index < -0.39 is 6.10 Å². The molecule has 2 aromatic rings. The van der Waals surface area contributed by atoms with Crippen LogP contribution in [-0.4, -0.2) is 29.5 Å². The average Bonchev–Trinajstić information content (AvgIpc) is 2.54. The maximum Gasteiger partial charge on any atom is 0.133 e. The van der Waals surface area contributed by atoms with Crippen LogP contribution in [0.25, 0.3) is 10.8 Å². The molecule has 0 spiro atoms. The highest BCUT2D eigenvalue weighted by Crippen LogP contribution is 2.47. The summed E-state index contributed by atoms with van der Waals surface area (Å²) in [5.74, 6) is 0.604. The summed E-state index contributed by atoms with van der Waals surface area (Å²) in [6.07, 6.45) is 1.28. The molecule has 0 amide bonds. The van der Waals surface area contributed by atoms with Crippen LogP contribution in [0.2, 0.25) is 0 Å². The van der Waals surface area contributed by atoms with Gasteiger partial charge in [0.1, 0.15) is 23.0 Å². The van der Waals surface area contributed by atoms with E-state index in [1.54, 1.807) is 12.1 Å². The second-order valence-electron chi connectivity index (χ2n) is 5.59. The first kappa shape index (κ1) is 17.0. The van der Waals surface area contributed by atoms with Gasteiger partial charge in [-0.05, 0) is 38.5 Å². The normalized spacial score (nSPS) is 12.0. The fourth-order valence-electron chi connectivity index (χ4n) is 2.55. The Morgan fingerprint density at radius 1 is 1.09 bits per heavy atom. The van der Waals surface area contributed by atoms with Gasteiger partial charge in [-0.25, -0.2) is 0 Å². The largest absolute Gasteiger partial charge is 0.507 e. The topological polar surface area (TPSA) is 79.2 Å². The minimum atomic E-state index is -0.934. The molecule has 5 heteroatoms. The van der Waals surface area contributed by atoms with Crippen molar-refractivity contribution in [3.63, 3.8) is 0 Å². The van der Waals surface area contributed by atoms with Gasteiger partial charge in [-0.3, -0.25) is 0 Å². The lowest BCUT2D eigenvalue weighted by molar-refractivity contribution is 0.177. The number of phenolic OH excluding ortho intramolecular Hbond substituents is 2. The van der Waals surface area contributed by atoms with Crippen molar-refractivity contribution in [2.24, 2.45) is 0 Å². The first-order valence-electron chi connectivity index (χ1n) is 7.31. The number of methoxy groups -OCH3 is 2. The highest BCUT2D eigenvalue weighted by atomic mass is 16.5. The van der Waals surface area contributed by atoms with Gasteiger partial charge in [0.2, 0.25) is 0 Å². The van der Waals surface area contributed by atoms with Crippen molar-refractivity contribution < 1.29 is 24.8 Å². The second kappa shape index (κ2) is 6.79. The highest BCUT2D eigenvalue weighted by molar-refractivity contribution is 6.02. The van der Waals surface area contributed by atoms with E-state index in [4.69, 9.17) is 9.47 Å². The number of fused-ring (bicyclic) bond motifs is 1. The van der Waals surface area contributed by atoms with Gasteiger partial charge in [-0.15, -0.1) is 0 Å². The maximum atomic E-state index is 10.6. The van der Waals surface area contributed by atoms with Gasteiger partial charge in [-0.1, -0.05) is 11.6 Å². The Morgan fingerprint density at radius 3 is 2.17 bits per heavy atom. The standard InChI is InChI=1S/C18H22O5/c1-10(2)5-6-12(19)11-9-13(20)16-14(22-3)7-8-15(23-4)17(16)18(11)21/h5,7-9,12,19-21H,6H2,1-4H3. The molecule has 1 unspecified atom stereocenters. The van der Waals surface area contributed by atoms with E-state index in [1.807, 2.05) is 19.9 Å². The predicted octanol–water partition coefficient (Wildman–Crippen LogP) is 3.66. The molecule has 23 heavy (non-hydrogen) atoms. The molecule has 0 aliphatic rings. The molecule has 0 bridgehead atoms. The number of allylic oxidation sites excluding steroid dienone is 1. The van der Waals surface area contributed by atoms with Crippen LogP contribution < -0.4 is 9.47 Å². The van der Waals surface area contributed by atoms with E-state index in [9.17, 15) is 15.3 Å². The molecule has 0 heterocycles. The minimum absolute atomic E-state index is 0.0835. The monoisotopic (exact) mass is 318 g/mol. The molecule has 124 valence electrons. The quantitative estimate of drug-likeness (QED) is 0.579. The molecule has 0 radical (unpaired) electrons. The molecular weight excluding hydrogens is 296 g/mol. The van der Waals surface area contributed by atoms with Gasteiger partial charge >= 0.3 is 0 Å². The van der Waals surface area contributed by atoms with Crippen molar-refractivity contribution in [1.82, 2.24) is 0 Å². The second-order valence-corrected chi connectivity index (χ2v) is 5.59. The number of aliphatic hydroxyl groups is 1. The van der Waals surface area contributed by atoms with Crippen LogP contribution in [0.1, 0.15) is 31.9 Å². The summed E-state index contributed by atoms with van der Waals surface area (Å²) in [5.41, 5.74) is 1.31. The predicted molar refractivity (Wildman–Crippen MR) is 89.4 cm³/mol. The summed E-state index contributed by atoms with van der Waals surface area (Å²) in [4.78, 5) is 0. The molecule has 2 rings (SSSR count). The third-order valence-corrected chi connectivity index (χ3v) is 3.74. The fraction of sp³-hybridized carbons (Fsp3) is 0.333. The van der Waals surface area contributed by atoms with Crippen LogP contribution >= 0.6 is 0 Å². The van der Waals surface area contributed by atoms with Crippen LogP contribution in [0.3, 0.4) is 0 Å². The average molecular weight is 318 g/mol. The Balaban J connectivity index is 2.71. The highest BCUT2D eigenvalue weighted by Gasteiger charge is 2.22. The van der Waals surface area contributed by atoms with Gasteiger partial charge in [0.15, 0.2) is 0 Å². The number of ether oxygens (including phenoxy) is 2. The Labute approximate surface area is 135 Å².